The molecule has 0 radical (unpaired) electrons. The van der Waals surface area contributed by atoms with Gasteiger partial charge in [-0.25, -0.2) is 4.79 Å². The van der Waals surface area contributed by atoms with Crippen LogP contribution in [0.3, 0.4) is 0 Å². The molecule has 190 valence electrons. The Morgan fingerprint density at radius 2 is 1.37 bits per heavy atom. The molecular weight excluding hydrogens is 440 g/mol. The van der Waals surface area contributed by atoms with Gasteiger partial charge in [0.1, 0.15) is 29.9 Å². The molecule has 0 unspecified atom stereocenters. The highest BCUT2D eigenvalue weighted by atomic mass is 16.5. The van der Waals surface area contributed by atoms with Gasteiger partial charge in [-0.3, -0.25) is 0 Å². The first-order valence-electron chi connectivity index (χ1n) is 12.2. The van der Waals surface area contributed by atoms with Crippen LogP contribution in [0.15, 0.2) is 74.0 Å². The van der Waals surface area contributed by atoms with Crippen molar-refractivity contribution in [1.29, 1.82) is 0 Å². The van der Waals surface area contributed by atoms with E-state index in [2.05, 4.69) is 59.8 Å². The molecule has 2 aromatic rings. The van der Waals surface area contributed by atoms with E-state index < -0.39 is 5.63 Å². The van der Waals surface area contributed by atoms with Crippen LogP contribution < -0.4 is 19.8 Å². The summed E-state index contributed by atoms with van der Waals surface area (Å²) >= 11 is 0. The monoisotopic (exact) mass is 480 g/mol. The van der Waals surface area contributed by atoms with Gasteiger partial charge >= 0.3 is 5.63 Å². The van der Waals surface area contributed by atoms with Crippen molar-refractivity contribution >= 4 is 11.0 Å². The topological polar surface area (TPSA) is 57.9 Å². The molecule has 0 bridgehead atoms. The van der Waals surface area contributed by atoms with Gasteiger partial charge in [-0.15, -0.1) is 0 Å². The third-order valence-electron chi connectivity index (χ3n) is 5.53. The van der Waals surface area contributed by atoms with E-state index in [1.807, 2.05) is 12.1 Å². The predicted octanol–water partition coefficient (Wildman–Crippen LogP) is 7.94. The van der Waals surface area contributed by atoms with Crippen molar-refractivity contribution in [2.45, 2.75) is 67.2 Å². The second-order valence-corrected chi connectivity index (χ2v) is 9.24. The Hall–Kier alpha value is -3.21. The van der Waals surface area contributed by atoms with Crippen molar-refractivity contribution in [2.24, 2.45) is 0 Å². The molecule has 5 heteroatoms. The maximum atomic E-state index is 12.5. The molecule has 1 aromatic carbocycles. The number of ether oxygens (including phenoxy) is 3. The van der Waals surface area contributed by atoms with Gasteiger partial charge < -0.3 is 18.6 Å². The van der Waals surface area contributed by atoms with Crippen molar-refractivity contribution in [3.8, 4) is 17.2 Å². The fourth-order valence-electron chi connectivity index (χ4n) is 3.53. The molecule has 0 amide bonds. The highest BCUT2D eigenvalue weighted by Gasteiger charge is 2.20. The molecule has 0 atom stereocenters. The lowest BCUT2D eigenvalue weighted by molar-refractivity contribution is 0.312. The predicted molar refractivity (Wildman–Crippen MR) is 145 cm³/mol. The Morgan fingerprint density at radius 3 is 1.91 bits per heavy atom. The van der Waals surface area contributed by atoms with E-state index >= 15 is 0 Å². The minimum absolute atomic E-state index is 0.0394. The minimum Gasteiger partial charge on any atom is -0.489 e. The summed E-state index contributed by atoms with van der Waals surface area (Å²) in [5, 5.41) is 0.593. The number of rotatable bonds is 13. The quantitative estimate of drug-likeness (QED) is 0.215. The first-order valence-corrected chi connectivity index (χ1v) is 12.2. The Bertz CT molecular complexity index is 1150. The Labute approximate surface area is 209 Å². The molecule has 0 aliphatic rings. The SMILES string of the molecule is COc1c(OC/C=C(\C)CCC=C(C)C)c2c(OC/C=C(\C)CCC=C(C)C)cccc2oc1=O. The first kappa shape index (κ1) is 28.0. The number of hydrogen-bond acceptors (Lipinski definition) is 5. The first-order chi connectivity index (χ1) is 16.7. The van der Waals surface area contributed by atoms with Crippen LogP contribution in [0.25, 0.3) is 11.0 Å². The van der Waals surface area contributed by atoms with Gasteiger partial charge in [-0.05, 0) is 91.5 Å². The zero-order valence-corrected chi connectivity index (χ0v) is 22.3. The number of allylic oxidation sites excluding steroid dienone is 6. The van der Waals surface area contributed by atoms with Crippen LogP contribution in [0.5, 0.6) is 17.2 Å². The average Bonchev–Trinajstić information content (AvgIpc) is 2.78. The van der Waals surface area contributed by atoms with E-state index in [1.54, 1.807) is 12.1 Å². The molecule has 0 aliphatic heterocycles. The Balaban J connectivity index is 2.26. The Morgan fingerprint density at radius 1 is 0.800 bits per heavy atom. The largest absolute Gasteiger partial charge is 0.489 e. The van der Waals surface area contributed by atoms with Crippen LogP contribution in [-0.4, -0.2) is 20.3 Å². The molecule has 0 saturated heterocycles. The van der Waals surface area contributed by atoms with Crippen LogP contribution in [0.2, 0.25) is 0 Å². The molecular formula is C30H40O5. The lowest BCUT2D eigenvalue weighted by atomic mass is 10.1. The van der Waals surface area contributed by atoms with E-state index in [-0.39, 0.29) is 5.75 Å². The summed E-state index contributed by atoms with van der Waals surface area (Å²) in [5.74, 6) is 0.960. The zero-order chi connectivity index (χ0) is 25.8. The molecule has 0 aliphatic carbocycles. The second-order valence-electron chi connectivity index (χ2n) is 9.24. The number of hydrogen-bond donors (Lipinski definition) is 0. The molecule has 0 saturated carbocycles. The van der Waals surface area contributed by atoms with Crippen molar-refractivity contribution < 1.29 is 18.6 Å². The van der Waals surface area contributed by atoms with Crippen molar-refractivity contribution in [2.75, 3.05) is 20.3 Å². The molecule has 1 aromatic heterocycles. The van der Waals surface area contributed by atoms with Gasteiger partial charge in [-0.2, -0.15) is 0 Å². The molecule has 0 N–H and O–H groups in total. The third kappa shape index (κ3) is 9.16. The van der Waals surface area contributed by atoms with Crippen LogP contribution in [0, 0.1) is 0 Å². The van der Waals surface area contributed by atoms with Gasteiger partial charge in [0.05, 0.1) is 7.11 Å². The standard InChI is InChI=1S/C30H40O5/c1-21(2)11-8-13-23(5)17-19-33-25-15-10-16-26-27(25)28(29(32-7)30(31)35-26)34-20-18-24(6)14-9-12-22(3)4/h10-12,15-18H,8-9,13-14,19-20H2,1-7H3/b23-17+,24-18+. The number of fused-ring (bicyclic) bond motifs is 1. The molecule has 5 nitrogen and oxygen atoms in total. The van der Waals surface area contributed by atoms with Gasteiger partial charge in [0.25, 0.3) is 0 Å². The van der Waals surface area contributed by atoms with Crippen LogP contribution in [-0.2, 0) is 0 Å². The maximum absolute atomic E-state index is 12.5. The molecule has 0 fully saturated rings. The average molecular weight is 481 g/mol. The smallest absolute Gasteiger partial charge is 0.383 e. The maximum Gasteiger partial charge on any atom is 0.383 e. The minimum atomic E-state index is -0.577. The molecule has 1 heterocycles. The number of methoxy groups -OCH3 is 1. The summed E-state index contributed by atoms with van der Waals surface area (Å²) in [6, 6.07) is 5.38. The second kappa shape index (κ2) is 14.2. The summed E-state index contributed by atoms with van der Waals surface area (Å²) < 4.78 is 23.0. The summed E-state index contributed by atoms with van der Waals surface area (Å²) in [6.07, 6.45) is 12.5. The summed E-state index contributed by atoms with van der Waals surface area (Å²) in [6.45, 7) is 13.3. The van der Waals surface area contributed by atoms with E-state index in [0.29, 0.717) is 35.7 Å². The molecule has 35 heavy (non-hydrogen) atoms. The van der Waals surface area contributed by atoms with Gasteiger partial charge in [0, 0.05) is 0 Å². The normalized spacial score (nSPS) is 11.9. The van der Waals surface area contributed by atoms with Crippen LogP contribution in [0.1, 0.15) is 67.2 Å². The highest BCUT2D eigenvalue weighted by molar-refractivity contribution is 5.91. The van der Waals surface area contributed by atoms with E-state index in [9.17, 15) is 4.79 Å². The van der Waals surface area contributed by atoms with E-state index in [4.69, 9.17) is 18.6 Å². The van der Waals surface area contributed by atoms with Crippen LogP contribution >= 0.6 is 0 Å². The lowest BCUT2D eigenvalue weighted by Gasteiger charge is -2.14. The van der Waals surface area contributed by atoms with Gasteiger partial charge in [0.2, 0.25) is 5.75 Å². The Kier molecular flexibility index (Phi) is 11.4. The van der Waals surface area contributed by atoms with Crippen molar-refractivity contribution in [3.05, 3.63) is 75.2 Å². The van der Waals surface area contributed by atoms with E-state index in [0.717, 1.165) is 25.7 Å². The summed E-state index contributed by atoms with van der Waals surface area (Å²) in [4.78, 5) is 12.5. The summed E-state index contributed by atoms with van der Waals surface area (Å²) in [7, 11) is 1.44. The third-order valence-corrected chi connectivity index (χ3v) is 5.53. The van der Waals surface area contributed by atoms with E-state index in [1.165, 1.54) is 29.4 Å². The summed E-state index contributed by atoms with van der Waals surface area (Å²) in [5.41, 5.74) is 4.94. The molecule has 2 rings (SSSR count). The highest BCUT2D eigenvalue weighted by Crippen LogP contribution is 2.38. The van der Waals surface area contributed by atoms with Crippen molar-refractivity contribution in [1.82, 2.24) is 0 Å². The van der Waals surface area contributed by atoms with Crippen LogP contribution in [0.4, 0.5) is 0 Å². The lowest BCUT2D eigenvalue weighted by Crippen LogP contribution is -2.09. The van der Waals surface area contributed by atoms with Gasteiger partial charge in [0.15, 0.2) is 5.75 Å². The number of benzene rings is 1. The zero-order valence-electron chi connectivity index (χ0n) is 22.3. The fraction of sp³-hybridized carbons (Fsp3) is 0.433. The molecule has 0 spiro atoms. The fourth-order valence-corrected chi connectivity index (χ4v) is 3.53. The van der Waals surface area contributed by atoms with Gasteiger partial charge in [-0.1, -0.05) is 40.5 Å². The van der Waals surface area contributed by atoms with Crippen molar-refractivity contribution in [3.63, 3.8) is 0 Å².